The minimum Gasteiger partial charge on any atom is -0.493 e. The van der Waals surface area contributed by atoms with E-state index in [9.17, 15) is 4.79 Å². The third-order valence-corrected chi connectivity index (χ3v) is 4.44. The lowest BCUT2D eigenvalue weighted by atomic mass is 10.1. The molecule has 29 heavy (non-hydrogen) atoms. The van der Waals surface area contributed by atoms with Gasteiger partial charge in [-0.3, -0.25) is 9.48 Å². The molecule has 0 bridgehead atoms. The van der Waals surface area contributed by atoms with E-state index in [1.807, 2.05) is 42.8 Å². The molecule has 1 amide bonds. The summed E-state index contributed by atoms with van der Waals surface area (Å²) in [6, 6.07) is 14.8. The standard InChI is InChI=1S/C22H24N4O3/c1-15-11-16(2)26(25-15)14-17-5-8-19(9-6-17)22(27)24-23-13-18-7-10-20(28-3)21(12-18)29-4/h5-13H,14H2,1-4H3,(H,24,27)/b23-13-. The number of carbonyl (C=O) groups excluding carboxylic acids is 1. The Morgan fingerprint density at radius 3 is 2.41 bits per heavy atom. The van der Waals surface area contributed by atoms with E-state index >= 15 is 0 Å². The van der Waals surface area contributed by atoms with Crippen molar-refractivity contribution in [3.63, 3.8) is 0 Å². The van der Waals surface area contributed by atoms with Gasteiger partial charge >= 0.3 is 0 Å². The van der Waals surface area contributed by atoms with Crippen molar-refractivity contribution in [1.29, 1.82) is 0 Å². The first kappa shape index (κ1) is 20.1. The van der Waals surface area contributed by atoms with Gasteiger partial charge in [-0.1, -0.05) is 12.1 Å². The number of amides is 1. The summed E-state index contributed by atoms with van der Waals surface area (Å²) in [6.45, 7) is 4.66. The molecule has 0 saturated heterocycles. The molecule has 0 aliphatic heterocycles. The molecule has 150 valence electrons. The quantitative estimate of drug-likeness (QED) is 0.494. The highest BCUT2D eigenvalue weighted by molar-refractivity contribution is 5.94. The van der Waals surface area contributed by atoms with E-state index in [1.54, 1.807) is 44.7 Å². The van der Waals surface area contributed by atoms with Crippen molar-refractivity contribution < 1.29 is 14.3 Å². The van der Waals surface area contributed by atoms with Crippen molar-refractivity contribution in [3.8, 4) is 11.5 Å². The second-order valence-electron chi connectivity index (χ2n) is 6.60. The zero-order valence-corrected chi connectivity index (χ0v) is 17.0. The van der Waals surface area contributed by atoms with E-state index in [4.69, 9.17) is 9.47 Å². The molecule has 7 nitrogen and oxygen atoms in total. The first-order chi connectivity index (χ1) is 14.0. The monoisotopic (exact) mass is 392 g/mol. The van der Waals surface area contributed by atoms with Crippen molar-refractivity contribution in [3.05, 3.63) is 76.6 Å². The smallest absolute Gasteiger partial charge is 0.271 e. The van der Waals surface area contributed by atoms with Crippen LogP contribution in [-0.4, -0.2) is 36.1 Å². The molecule has 3 aromatic rings. The van der Waals surface area contributed by atoms with Gasteiger partial charge in [0.25, 0.3) is 5.91 Å². The van der Waals surface area contributed by atoms with Gasteiger partial charge in [-0.25, -0.2) is 5.43 Å². The number of rotatable bonds is 7. The molecule has 2 aromatic carbocycles. The van der Waals surface area contributed by atoms with Gasteiger partial charge in [0.05, 0.1) is 32.7 Å². The predicted octanol–water partition coefficient (Wildman–Crippen LogP) is 3.33. The summed E-state index contributed by atoms with van der Waals surface area (Å²) in [5.74, 6) is 0.953. The van der Waals surface area contributed by atoms with Gasteiger partial charge in [0, 0.05) is 11.3 Å². The molecule has 1 aromatic heterocycles. The highest BCUT2D eigenvalue weighted by Crippen LogP contribution is 2.26. The fourth-order valence-electron chi connectivity index (χ4n) is 2.93. The number of hydrazone groups is 1. The van der Waals surface area contributed by atoms with Crippen LogP contribution < -0.4 is 14.9 Å². The van der Waals surface area contributed by atoms with Gasteiger partial charge < -0.3 is 9.47 Å². The molecule has 0 spiro atoms. The van der Waals surface area contributed by atoms with Crippen molar-refractivity contribution >= 4 is 12.1 Å². The van der Waals surface area contributed by atoms with Crippen LogP contribution in [0, 0.1) is 13.8 Å². The number of nitrogens with zero attached hydrogens (tertiary/aromatic N) is 3. The molecule has 0 unspecified atom stereocenters. The Balaban J connectivity index is 1.61. The summed E-state index contributed by atoms with van der Waals surface area (Å²) >= 11 is 0. The van der Waals surface area contributed by atoms with Gasteiger partial charge in [0.1, 0.15) is 0 Å². The first-order valence-electron chi connectivity index (χ1n) is 9.15. The first-order valence-corrected chi connectivity index (χ1v) is 9.15. The summed E-state index contributed by atoms with van der Waals surface area (Å²) in [7, 11) is 3.15. The van der Waals surface area contributed by atoms with E-state index in [1.165, 1.54) is 0 Å². The molecule has 0 fully saturated rings. The van der Waals surface area contributed by atoms with Crippen molar-refractivity contribution in [2.45, 2.75) is 20.4 Å². The predicted molar refractivity (Wildman–Crippen MR) is 112 cm³/mol. The van der Waals surface area contributed by atoms with Crippen LogP contribution in [0.15, 0.2) is 53.6 Å². The average Bonchev–Trinajstić information content (AvgIpc) is 3.04. The van der Waals surface area contributed by atoms with E-state index in [0.717, 1.165) is 22.5 Å². The molecule has 7 heteroatoms. The van der Waals surface area contributed by atoms with Crippen LogP contribution >= 0.6 is 0 Å². The van der Waals surface area contributed by atoms with E-state index in [2.05, 4.69) is 15.6 Å². The van der Waals surface area contributed by atoms with Gasteiger partial charge in [-0.05, 0) is 61.4 Å². The third-order valence-electron chi connectivity index (χ3n) is 4.44. The zero-order valence-electron chi connectivity index (χ0n) is 17.0. The summed E-state index contributed by atoms with van der Waals surface area (Å²) < 4.78 is 12.4. The third kappa shape index (κ3) is 5.01. The fourth-order valence-corrected chi connectivity index (χ4v) is 2.93. The van der Waals surface area contributed by atoms with Crippen LogP contribution in [0.25, 0.3) is 0 Å². The number of methoxy groups -OCH3 is 2. The number of hydrogen-bond acceptors (Lipinski definition) is 5. The number of aromatic nitrogens is 2. The maximum atomic E-state index is 12.3. The Kier molecular flexibility index (Phi) is 6.29. The molecule has 0 aliphatic carbocycles. The summed E-state index contributed by atoms with van der Waals surface area (Å²) in [5, 5.41) is 8.48. The maximum absolute atomic E-state index is 12.3. The molecule has 3 rings (SSSR count). The molecule has 0 radical (unpaired) electrons. The van der Waals surface area contributed by atoms with Crippen molar-refractivity contribution in [2.75, 3.05) is 14.2 Å². The second-order valence-corrected chi connectivity index (χ2v) is 6.60. The highest BCUT2D eigenvalue weighted by atomic mass is 16.5. The number of nitrogens with one attached hydrogen (secondary N) is 1. The lowest BCUT2D eigenvalue weighted by Crippen LogP contribution is -2.17. The number of carbonyl (C=O) groups is 1. The lowest BCUT2D eigenvalue weighted by Gasteiger charge is -2.07. The van der Waals surface area contributed by atoms with Gasteiger partial charge in [0.15, 0.2) is 11.5 Å². The maximum Gasteiger partial charge on any atom is 0.271 e. The normalized spacial score (nSPS) is 10.9. The summed E-state index contributed by atoms with van der Waals surface area (Å²) in [4.78, 5) is 12.3. The van der Waals surface area contributed by atoms with Gasteiger partial charge in [-0.15, -0.1) is 0 Å². The van der Waals surface area contributed by atoms with Crippen LogP contribution in [0.5, 0.6) is 11.5 Å². The Morgan fingerprint density at radius 1 is 1.07 bits per heavy atom. The van der Waals surface area contributed by atoms with Crippen LogP contribution in [0.2, 0.25) is 0 Å². The number of benzene rings is 2. The number of ether oxygens (including phenoxy) is 2. The van der Waals surface area contributed by atoms with Crippen molar-refractivity contribution in [1.82, 2.24) is 15.2 Å². The van der Waals surface area contributed by atoms with Gasteiger partial charge in [-0.2, -0.15) is 10.2 Å². The van der Waals surface area contributed by atoms with E-state index in [0.29, 0.717) is 23.6 Å². The highest BCUT2D eigenvalue weighted by Gasteiger charge is 2.07. The van der Waals surface area contributed by atoms with Crippen LogP contribution in [0.4, 0.5) is 0 Å². The lowest BCUT2D eigenvalue weighted by molar-refractivity contribution is 0.0955. The van der Waals surface area contributed by atoms with E-state index < -0.39 is 0 Å². The largest absolute Gasteiger partial charge is 0.493 e. The van der Waals surface area contributed by atoms with Crippen LogP contribution in [0.1, 0.15) is 32.9 Å². The molecule has 1 heterocycles. The molecule has 1 N–H and O–H groups in total. The van der Waals surface area contributed by atoms with Crippen LogP contribution in [0.3, 0.4) is 0 Å². The minimum absolute atomic E-state index is 0.278. The SMILES string of the molecule is COc1ccc(/C=N\NC(=O)c2ccc(Cn3nc(C)cc3C)cc2)cc1OC. The Morgan fingerprint density at radius 2 is 1.79 bits per heavy atom. The van der Waals surface area contributed by atoms with Crippen LogP contribution in [-0.2, 0) is 6.54 Å². The number of hydrogen-bond donors (Lipinski definition) is 1. The summed E-state index contributed by atoms with van der Waals surface area (Å²) in [6.07, 6.45) is 1.55. The average molecular weight is 392 g/mol. The molecular weight excluding hydrogens is 368 g/mol. The Hall–Kier alpha value is -3.61. The second kappa shape index (κ2) is 9.05. The molecule has 0 saturated carbocycles. The number of aryl methyl sites for hydroxylation is 2. The Bertz CT molecular complexity index is 1020. The Labute approximate surface area is 170 Å². The molecular formula is C22H24N4O3. The minimum atomic E-state index is -0.278. The topological polar surface area (TPSA) is 77.7 Å². The van der Waals surface area contributed by atoms with Gasteiger partial charge in [0.2, 0.25) is 0 Å². The molecule has 0 aliphatic rings. The zero-order chi connectivity index (χ0) is 20.8. The molecule has 0 atom stereocenters. The van der Waals surface area contributed by atoms with E-state index in [-0.39, 0.29) is 5.91 Å². The van der Waals surface area contributed by atoms with Crippen molar-refractivity contribution in [2.24, 2.45) is 5.10 Å². The fraction of sp³-hybridized carbons (Fsp3) is 0.227. The summed E-state index contributed by atoms with van der Waals surface area (Å²) in [5.41, 5.74) is 7.02.